The molecule has 0 aliphatic rings. The van der Waals surface area contributed by atoms with E-state index in [4.69, 9.17) is 5.26 Å². The van der Waals surface area contributed by atoms with Crippen molar-refractivity contribution in [2.45, 2.75) is 6.54 Å². The van der Waals surface area contributed by atoms with Gasteiger partial charge in [-0.05, 0) is 35.9 Å². The third-order valence-electron chi connectivity index (χ3n) is 3.79. The Hall–Kier alpha value is -4.05. The summed E-state index contributed by atoms with van der Waals surface area (Å²) in [6.07, 6.45) is 0. The van der Waals surface area contributed by atoms with E-state index in [1.165, 1.54) is 23.8 Å². The van der Waals surface area contributed by atoms with Gasteiger partial charge in [-0.1, -0.05) is 30.3 Å². The van der Waals surface area contributed by atoms with Crippen LogP contribution in [0.3, 0.4) is 0 Å². The van der Waals surface area contributed by atoms with Crippen LogP contribution < -0.4 is 5.32 Å². The van der Waals surface area contributed by atoms with Crippen molar-refractivity contribution in [3.63, 3.8) is 0 Å². The van der Waals surface area contributed by atoms with Gasteiger partial charge in [-0.2, -0.15) is 10.4 Å². The van der Waals surface area contributed by atoms with Gasteiger partial charge in [0.25, 0.3) is 5.69 Å². The summed E-state index contributed by atoms with van der Waals surface area (Å²) in [5.41, 5.74) is 2.99. The largest absolute Gasteiger partial charge is 0.381 e. The van der Waals surface area contributed by atoms with Crippen LogP contribution in [0.25, 0.3) is 0 Å². The van der Waals surface area contributed by atoms with Gasteiger partial charge in [0.15, 0.2) is 0 Å². The van der Waals surface area contributed by atoms with E-state index in [0.717, 1.165) is 12.2 Å². The molecule has 3 aromatic rings. The van der Waals surface area contributed by atoms with E-state index in [2.05, 4.69) is 15.5 Å². The van der Waals surface area contributed by atoms with E-state index in [1.54, 1.807) is 12.1 Å². The highest BCUT2D eigenvalue weighted by molar-refractivity contribution is 5.58. The second-order valence-corrected chi connectivity index (χ2v) is 5.66. The number of non-ortho nitro benzene ring substituents is 1. The van der Waals surface area contributed by atoms with Gasteiger partial charge in [0, 0.05) is 24.4 Å². The van der Waals surface area contributed by atoms with E-state index in [0.29, 0.717) is 5.69 Å². The first-order chi connectivity index (χ1) is 13.2. The summed E-state index contributed by atoms with van der Waals surface area (Å²) in [5, 5.41) is 31.3. The average molecular weight is 357 g/mol. The molecule has 0 aliphatic heterocycles. The van der Waals surface area contributed by atoms with Gasteiger partial charge in [-0.25, -0.2) is 0 Å². The molecular formula is C20H15N5O2. The van der Waals surface area contributed by atoms with Crippen LogP contribution in [0.4, 0.5) is 22.7 Å². The maximum Gasteiger partial charge on any atom is 0.270 e. The second-order valence-electron chi connectivity index (χ2n) is 5.66. The lowest BCUT2D eigenvalue weighted by Gasteiger charge is -2.06. The maximum absolute atomic E-state index is 10.8. The molecule has 0 saturated carbocycles. The Bertz CT molecular complexity index is 1010. The molecule has 3 aromatic carbocycles. The van der Waals surface area contributed by atoms with E-state index >= 15 is 0 Å². The van der Waals surface area contributed by atoms with Crippen LogP contribution in [0, 0.1) is 21.4 Å². The van der Waals surface area contributed by atoms with Crippen molar-refractivity contribution >= 4 is 22.7 Å². The molecule has 0 amide bonds. The van der Waals surface area contributed by atoms with Crippen LogP contribution in [0.15, 0.2) is 83.0 Å². The highest BCUT2D eigenvalue weighted by Crippen LogP contribution is 2.26. The zero-order chi connectivity index (χ0) is 19.1. The summed E-state index contributed by atoms with van der Waals surface area (Å²) in [7, 11) is 0. The maximum atomic E-state index is 10.8. The van der Waals surface area contributed by atoms with E-state index in [-0.39, 0.29) is 16.9 Å². The molecule has 0 radical (unpaired) electrons. The Balaban J connectivity index is 1.67. The molecule has 132 valence electrons. The number of rotatable bonds is 6. The minimum Gasteiger partial charge on any atom is -0.381 e. The fourth-order valence-electron chi connectivity index (χ4n) is 2.37. The summed E-state index contributed by atoms with van der Waals surface area (Å²) in [6.45, 7) is 0.718. The number of nitriles is 1. The lowest BCUT2D eigenvalue weighted by atomic mass is 10.2. The van der Waals surface area contributed by atoms with Crippen LogP contribution >= 0.6 is 0 Å². The smallest absolute Gasteiger partial charge is 0.270 e. The Morgan fingerprint density at radius 1 is 1.00 bits per heavy atom. The molecule has 0 spiro atoms. The molecule has 0 aliphatic carbocycles. The minimum absolute atomic E-state index is 0.106. The van der Waals surface area contributed by atoms with Crippen molar-refractivity contribution in [3.05, 3.63) is 94.0 Å². The quantitative estimate of drug-likeness (QED) is 0.357. The first-order valence-electron chi connectivity index (χ1n) is 8.14. The molecular weight excluding hydrogens is 342 g/mol. The molecule has 0 saturated heterocycles. The Labute approximate surface area is 155 Å². The predicted molar refractivity (Wildman–Crippen MR) is 102 cm³/mol. The van der Waals surface area contributed by atoms with Crippen molar-refractivity contribution in [1.29, 1.82) is 5.26 Å². The number of nitrogens with zero attached hydrogens (tertiary/aromatic N) is 4. The Morgan fingerprint density at radius 2 is 1.74 bits per heavy atom. The van der Waals surface area contributed by atoms with Crippen LogP contribution in [0.5, 0.6) is 0 Å². The zero-order valence-corrected chi connectivity index (χ0v) is 14.2. The highest BCUT2D eigenvalue weighted by atomic mass is 16.6. The Morgan fingerprint density at radius 3 is 2.41 bits per heavy atom. The third-order valence-corrected chi connectivity index (χ3v) is 3.79. The molecule has 3 rings (SSSR count). The molecule has 0 aromatic heterocycles. The number of azo groups is 1. The van der Waals surface area contributed by atoms with E-state index in [1.807, 2.05) is 48.5 Å². The second kappa shape index (κ2) is 8.36. The van der Waals surface area contributed by atoms with Crippen LogP contribution in [-0.4, -0.2) is 4.92 Å². The van der Waals surface area contributed by atoms with Gasteiger partial charge >= 0.3 is 0 Å². The van der Waals surface area contributed by atoms with Gasteiger partial charge in [-0.15, -0.1) is 5.11 Å². The van der Waals surface area contributed by atoms with Crippen molar-refractivity contribution < 1.29 is 4.92 Å². The standard InChI is InChI=1S/C20H15N5O2/c21-13-16-12-19(25(26)27)10-11-20(16)24-23-18-8-6-17(7-9-18)22-14-15-4-2-1-3-5-15/h1-12,22H,14H2/b24-23+. The fraction of sp³-hybridized carbons (Fsp3) is 0.0500. The lowest BCUT2D eigenvalue weighted by molar-refractivity contribution is -0.384. The molecule has 0 heterocycles. The molecule has 0 bridgehead atoms. The van der Waals surface area contributed by atoms with Crippen LogP contribution in [0.1, 0.15) is 11.1 Å². The third kappa shape index (κ3) is 4.74. The number of hydrogen-bond acceptors (Lipinski definition) is 6. The number of hydrogen-bond donors (Lipinski definition) is 1. The van der Waals surface area contributed by atoms with Crippen LogP contribution in [0.2, 0.25) is 0 Å². The van der Waals surface area contributed by atoms with Gasteiger partial charge in [0.2, 0.25) is 0 Å². The van der Waals surface area contributed by atoms with Crippen molar-refractivity contribution in [2.75, 3.05) is 5.32 Å². The first kappa shape index (κ1) is 17.8. The van der Waals surface area contributed by atoms with Crippen molar-refractivity contribution in [3.8, 4) is 6.07 Å². The number of nitrogens with one attached hydrogen (secondary N) is 1. The van der Waals surface area contributed by atoms with Crippen molar-refractivity contribution in [1.82, 2.24) is 0 Å². The van der Waals surface area contributed by atoms with Gasteiger partial charge < -0.3 is 5.32 Å². The molecule has 1 N–H and O–H groups in total. The summed E-state index contributed by atoms with van der Waals surface area (Å²) < 4.78 is 0. The summed E-state index contributed by atoms with van der Waals surface area (Å²) in [5.74, 6) is 0. The predicted octanol–water partition coefficient (Wildman–Crippen LogP) is 5.49. The van der Waals surface area contributed by atoms with Gasteiger partial charge in [0.05, 0.1) is 16.2 Å². The molecule has 0 fully saturated rings. The summed E-state index contributed by atoms with van der Waals surface area (Å²) in [4.78, 5) is 10.2. The monoisotopic (exact) mass is 357 g/mol. The SMILES string of the molecule is N#Cc1cc([N+](=O)[O-])ccc1/N=N/c1ccc(NCc2ccccc2)cc1. The average Bonchev–Trinajstić information content (AvgIpc) is 2.72. The first-order valence-corrected chi connectivity index (χ1v) is 8.14. The number of anilines is 1. The summed E-state index contributed by atoms with van der Waals surface area (Å²) >= 11 is 0. The molecule has 7 heteroatoms. The Kier molecular flexibility index (Phi) is 5.50. The number of benzene rings is 3. The van der Waals surface area contributed by atoms with E-state index in [9.17, 15) is 10.1 Å². The zero-order valence-electron chi connectivity index (χ0n) is 14.2. The van der Waals surface area contributed by atoms with Crippen molar-refractivity contribution in [2.24, 2.45) is 10.2 Å². The number of nitro benzene ring substituents is 1. The molecule has 27 heavy (non-hydrogen) atoms. The number of nitro groups is 1. The lowest BCUT2D eigenvalue weighted by Crippen LogP contribution is -1.98. The normalized spacial score (nSPS) is 10.5. The molecule has 0 atom stereocenters. The van der Waals surface area contributed by atoms with E-state index < -0.39 is 4.92 Å². The van der Waals surface area contributed by atoms with Gasteiger partial charge in [0.1, 0.15) is 11.8 Å². The topological polar surface area (TPSA) is 104 Å². The van der Waals surface area contributed by atoms with Crippen LogP contribution in [-0.2, 0) is 6.54 Å². The summed E-state index contributed by atoms with van der Waals surface area (Å²) in [6, 6.07) is 23.2. The van der Waals surface area contributed by atoms with Gasteiger partial charge in [-0.3, -0.25) is 10.1 Å². The highest BCUT2D eigenvalue weighted by Gasteiger charge is 2.10. The minimum atomic E-state index is -0.553. The molecule has 0 unspecified atom stereocenters. The fourth-order valence-corrected chi connectivity index (χ4v) is 2.37. The molecule has 7 nitrogen and oxygen atoms in total.